The van der Waals surface area contributed by atoms with Crippen LogP contribution < -0.4 is 10.4 Å². The number of hydrogen-bond acceptors (Lipinski definition) is 10. The smallest absolute Gasteiger partial charge is 0.330 e. The Balaban J connectivity index is 1.31. The molecule has 4 atom stereocenters. The molecule has 0 bridgehead atoms. The number of rotatable bonds is 6. The van der Waals surface area contributed by atoms with Gasteiger partial charge in [-0.1, -0.05) is 17.5 Å². The summed E-state index contributed by atoms with van der Waals surface area (Å²) in [6.07, 6.45) is 15.8. The van der Waals surface area contributed by atoms with E-state index in [0.29, 0.717) is 61.6 Å². The lowest BCUT2D eigenvalue weighted by atomic mass is 9.61. The van der Waals surface area contributed by atoms with Gasteiger partial charge in [0.15, 0.2) is 23.1 Å². The highest BCUT2D eigenvalue weighted by molar-refractivity contribution is 5.80. The van der Waals surface area contributed by atoms with E-state index in [4.69, 9.17) is 45.0 Å². The SMILES string of the molecule is C#C[C@H](Oc1nc(-c2onc3c2CCC[C@@]32CCCCC23OCCO3)nc2c1n(CC)c(=O)n2[C@@H]1CCCOC1)[C@@H]1CCCN1C. The van der Waals surface area contributed by atoms with E-state index in [2.05, 4.69) is 17.9 Å². The van der Waals surface area contributed by atoms with Crippen LogP contribution in [0, 0.1) is 12.3 Å². The maximum atomic E-state index is 14.0. The summed E-state index contributed by atoms with van der Waals surface area (Å²) < 4.78 is 35.0. The van der Waals surface area contributed by atoms with Crippen molar-refractivity contribution in [2.75, 3.05) is 40.0 Å². The number of imidazole rings is 1. The van der Waals surface area contributed by atoms with Gasteiger partial charge >= 0.3 is 5.69 Å². The van der Waals surface area contributed by atoms with Crippen LogP contribution in [0.5, 0.6) is 5.88 Å². The largest absolute Gasteiger partial charge is 0.458 e. The molecule has 1 saturated carbocycles. The van der Waals surface area contributed by atoms with Crippen LogP contribution in [0.2, 0.25) is 0 Å². The summed E-state index contributed by atoms with van der Waals surface area (Å²) in [4.78, 5) is 26.4. The molecule has 46 heavy (non-hydrogen) atoms. The summed E-state index contributed by atoms with van der Waals surface area (Å²) >= 11 is 0. The van der Waals surface area contributed by atoms with Gasteiger partial charge in [0.1, 0.15) is 0 Å². The van der Waals surface area contributed by atoms with Crippen molar-refractivity contribution in [3.05, 3.63) is 21.7 Å². The van der Waals surface area contributed by atoms with Crippen molar-refractivity contribution < 1.29 is 23.5 Å². The molecule has 0 N–H and O–H groups in total. The third-order valence-electron chi connectivity index (χ3n) is 11.2. The Bertz CT molecular complexity index is 1710. The zero-order valence-electron chi connectivity index (χ0n) is 27.0. The molecule has 12 heteroatoms. The first-order valence-corrected chi connectivity index (χ1v) is 17.2. The van der Waals surface area contributed by atoms with E-state index in [-0.39, 0.29) is 23.2 Å². The van der Waals surface area contributed by atoms with Crippen LogP contribution in [0.1, 0.15) is 88.4 Å². The Morgan fingerprint density at radius 3 is 2.63 bits per heavy atom. The van der Waals surface area contributed by atoms with Crippen molar-refractivity contribution in [2.45, 2.75) is 113 Å². The minimum absolute atomic E-state index is 0.0425. The molecule has 0 radical (unpaired) electrons. The number of hydrogen-bond donors (Lipinski definition) is 0. The Morgan fingerprint density at radius 1 is 1.07 bits per heavy atom. The molecule has 3 aromatic heterocycles. The molecule has 6 heterocycles. The number of aryl methyl sites for hydroxylation is 1. The molecule has 0 amide bonds. The van der Waals surface area contributed by atoms with Crippen molar-refractivity contribution >= 4 is 11.2 Å². The Kier molecular flexibility index (Phi) is 7.71. The summed E-state index contributed by atoms with van der Waals surface area (Å²) in [5, 5.41) is 4.75. The van der Waals surface area contributed by atoms with Crippen molar-refractivity contribution in [3.8, 4) is 29.8 Å². The Hall–Kier alpha value is -3.24. The van der Waals surface area contributed by atoms with E-state index >= 15 is 0 Å². The topological polar surface area (TPSA) is 119 Å². The number of nitrogens with zero attached hydrogens (tertiary/aromatic N) is 6. The van der Waals surface area contributed by atoms with Gasteiger partial charge in [0.05, 0.1) is 43.0 Å². The number of aromatic nitrogens is 5. The van der Waals surface area contributed by atoms with Gasteiger partial charge in [-0.2, -0.15) is 4.98 Å². The first kappa shape index (κ1) is 30.1. The van der Waals surface area contributed by atoms with E-state index in [0.717, 1.165) is 88.4 Å². The molecule has 5 aliphatic rings. The standard InChI is InChI=1S/C34H44N6O6/c1-4-25(24-13-9-17-38(24)3)45-31-26-30(40(32(41)39(26)5-2)22-11-10-18-42-21-22)35-29(36-31)27-23-12-8-15-33(28(23)37-46-27)14-6-7-16-34(33)43-19-20-44-34/h1,22,24-25H,5-21H2,2-3H3/t22-,24+,25+,33+/m1/s1. The van der Waals surface area contributed by atoms with Gasteiger partial charge in [0, 0.05) is 25.1 Å². The fourth-order valence-electron chi connectivity index (χ4n) is 9.02. The normalized spacial score (nSPS) is 28.5. The summed E-state index contributed by atoms with van der Waals surface area (Å²) in [7, 11) is 2.07. The molecule has 12 nitrogen and oxygen atoms in total. The van der Waals surface area contributed by atoms with Gasteiger partial charge < -0.3 is 23.5 Å². The number of likely N-dealkylation sites (tertiary alicyclic amines) is 1. The van der Waals surface area contributed by atoms with Crippen molar-refractivity contribution in [2.24, 2.45) is 0 Å². The molecule has 2 spiro atoms. The fraction of sp³-hybridized carbons (Fsp3) is 0.706. The number of terminal acetylenes is 1. The first-order chi connectivity index (χ1) is 22.5. The average Bonchev–Trinajstić information content (AvgIpc) is 3.88. The molecular formula is C34H44N6O6. The zero-order chi connectivity index (χ0) is 31.5. The zero-order valence-corrected chi connectivity index (χ0v) is 27.0. The van der Waals surface area contributed by atoms with Crippen LogP contribution in [0.4, 0.5) is 0 Å². The second-order valence-corrected chi connectivity index (χ2v) is 13.6. The molecule has 3 aromatic rings. The predicted molar refractivity (Wildman–Crippen MR) is 169 cm³/mol. The molecule has 2 aliphatic carbocycles. The van der Waals surface area contributed by atoms with Gasteiger partial charge in [0.2, 0.25) is 17.5 Å². The van der Waals surface area contributed by atoms with Crippen molar-refractivity contribution in [1.29, 1.82) is 0 Å². The highest BCUT2D eigenvalue weighted by atomic mass is 16.7. The van der Waals surface area contributed by atoms with Crippen LogP contribution in [0.25, 0.3) is 22.7 Å². The predicted octanol–water partition coefficient (Wildman–Crippen LogP) is 3.99. The van der Waals surface area contributed by atoms with Crippen LogP contribution >= 0.6 is 0 Å². The molecule has 246 valence electrons. The van der Waals surface area contributed by atoms with Crippen LogP contribution in [0.15, 0.2) is 9.32 Å². The second kappa shape index (κ2) is 11.8. The minimum atomic E-state index is -0.680. The van der Waals surface area contributed by atoms with Crippen molar-refractivity contribution in [3.63, 3.8) is 0 Å². The summed E-state index contributed by atoms with van der Waals surface area (Å²) in [6, 6.07) is -0.108. The summed E-state index contributed by atoms with van der Waals surface area (Å²) in [5.41, 5.74) is 2.41. The molecule has 4 fully saturated rings. The summed E-state index contributed by atoms with van der Waals surface area (Å²) in [6.45, 7) is 5.64. The first-order valence-electron chi connectivity index (χ1n) is 17.2. The van der Waals surface area contributed by atoms with E-state index in [1.54, 1.807) is 9.13 Å². The molecule has 8 rings (SSSR count). The van der Waals surface area contributed by atoms with E-state index < -0.39 is 11.9 Å². The van der Waals surface area contributed by atoms with Crippen LogP contribution in [0.3, 0.4) is 0 Å². The lowest BCUT2D eigenvalue weighted by molar-refractivity contribution is -0.231. The maximum absolute atomic E-state index is 14.0. The van der Waals surface area contributed by atoms with E-state index in [1.807, 2.05) is 6.92 Å². The molecule has 3 aliphatic heterocycles. The summed E-state index contributed by atoms with van der Waals surface area (Å²) in [5.74, 6) is 3.35. The van der Waals surface area contributed by atoms with Gasteiger partial charge in [-0.05, 0) is 78.3 Å². The van der Waals surface area contributed by atoms with Crippen LogP contribution in [-0.4, -0.2) is 87.1 Å². The van der Waals surface area contributed by atoms with E-state index in [9.17, 15) is 4.79 Å². The fourth-order valence-corrected chi connectivity index (χ4v) is 9.02. The molecule has 0 aromatic carbocycles. The minimum Gasteiger partial charge on any atom is -0.458 e. The van der Waals surface area contributed by atoms with Gasteiger partial charge in [0.25, 0.3) is 0 Å². The lowest BCUT2D eigenvalue weighted by Crippen LogP contribution is -2.56. The highest BCUT2D eigenvalue weighted by Crippen LogP contribution is 2.57. The third-order valence-corrected chi connectivity index (χ3v) is 11.2. The third kappa shape index (κ3) is 4.49. The monoisotopic (exact) mass is 632 g/mol. The van der Waals surface area contributed by atoms with E-state index in [1.165, 1.54) is 0 Å². The highest BCUT2D eigenvalue weighted by Gasteiger charge is 2.61. The van der Waals surface area contributed by atoms with Gasteiger partial charge in [-0.15, -0.1) is 6.42 Å². The Morgan fingerprint density at radius 2 is 1.89 bits per heavy atom. The molecular weight excluding hydrogens is 588 g/mol. The Labute approximate surface area is 268 Å². The van der Waals surface area contributed by atoms with Crippen molar-refractivity contribution in [1.82, 2.24) is 29.2 Å². The van der Waals surface area contributed by atoms with Crippen LogP contribution in [-0.2, 0) is 32.6 Å². The number of likely N-dealkylation sites (N-methyl/N-ethyl adjacent to an activating group) is 1. The number of ether oxygens (including phenoxy) is 4. The van der Waals surface area contributed by atoms with Gasteiger partial charge in [-0.25, -0.2) is 9.78 Å². The maximum Gasteiger partial charge on any atom is 0.330 e. The quantitative estimate of drug-likeness (QED) is 0.369. The second-order valence-electron chi connectivity index (χ2n) is 13.6. The lowest BCUT2D eigenvalue weighted by Gasteiger charge is -2.50. The molecule has 3 saturated heterocycles. The molecule has 0 unspecified atom stereocenters. The number of fused-ring (bicyclic) bond motifs is 4. The average molecular weight is 633 g/mol. The van der Waals surface area contributed by atoms with Gasteiger partial charge in [-0.3, -0.25) is 14.0 Å².